The Balaban J connectivity index is 1.57. The van der Waals surface area contributed by atoms with Gasteiger partial charge in [0.05, 0.1) is 12.1 Å². The predicted molar refractivity (Wildman–Crippen MR) is 74.4 cm³/mol. The molecular formula is C13H21N3OS. The average molecular weight is 267 g/mol. The maximum absolute atomic E-state index is 11.6. The van der Waals surface area contributed by atoms with Crippen LogP contribution >= 0.6 is 11.3 Å². The molecule has 1 fully saturated rings. The number of anilines is 1. The van der Waals surface area contributed by atoms with E-state index in [1.807, 2.05) is 5.38 Å². The van der Waals surface area contributed by atoms with E-state index in [9.17, 15) is 4.79 Å². The molecule has 0 aliphatic heterocycles. The van der Waals surface area contributed by atoms with Crippen LogP contribution < -0.4 is 11.1 Å². The summed E-state index contributed by atoms with van der Waals surface area (Å²) in [6.07, 6.45) is 8.24. The maximum Gasteiger partial charge on any atom is 0.226 e. The van der Waals surface area contributed by atoms with E-state index >= 15 is 0 Å². The van der Waals surface area contributed by atoms with Crippen LogP contribution in [0.25, 0.3) is 0 Å². The molecule has 3 N–H and O–H groups in total. The highest BCUT2D eigenvalue weighted by atomic mass is 32.1. The first-order chi connectivity index (χ1) is 8.74. The molecule has 0 bridgehead atoms. The number of nitrogens with two attached hydrogens (primary N) is 1. The van der Waals surface area contributed by atoms with Gasteiger partial charge in [0.25, 0.3) is 0 Å². The highest BCUT2D eigenvalue weighted by molar-refractivity contribution is 7.13. The number of hydrogen-bond acceptors (Lipinski definition) is 4. The molecule has 1 aliphatic carbocycles. The number of amides is 1. The van der Waals surface area contributed by atoms with Crippen LogP contribution in [0.3, 0.4) is 0 Å². The molecule has 0 radical (unpaired) electrons. The molecule has 1 aromatic heterocycles. The molecule has 1 aromatic rings. The van der Waals surface area contributed by atoms with E-state index in [0.717, 1.165) is 24.6 Å². The zero-order valence-electron chi connectivity index (χ0n) is 10.7. The van der Waals surface area contributed by atoms with Gasteiger partial charge in [-0.3, -0.25) is 4.79 Å². The van der Waals surface area contributed by atoms with Crippen molar-refractivity contribution in [3.63, 3.8) is 0 Å². The van der Waals surface area contributed by atoms with E-state index in [0.29, 0.717) is 11.6 Å². The summed E-state index contributed by atoms with van der Waals surface area (Å²) in [5.41, 5.74) is 6.29. The lowest BCUT2D eigenvalue weighted by Gasteiger charge is -2.08. The Morgan fingerprint density at radius 2 is 2.28 bits per heavy atom. The van der Waals surface area contributed by atoms with Gasteiger partial charge in [0, 0.05) is 11.9 Å². The fraction of sp³-hybridized carbons (Fsp3) is 0.692. The molecule has 0 spiro atoms. The monoisotopic (exact) mass is 267 g/mol. The van der Waals surface area contributed by atoms with Crippen LogP contribution in [0.15, 0.2) is 5.38 Å². The topological polar surface area (TPSA) is 68.0 Å². The van der Waals surface area contributed by atoms with Gasteiger partial charge in [-0.25, -0.2) is 4.98 Å². The number of aromatic nitrogens is 1. The molecule has 1 saturated carbocycles. The zero-order chi connectivity index (χ0) is 12.8. The van der Waals surface area contributed by atoms with Crippen molar-refractivity contribution in [3.05, 3.63) is 11.1 Å². The van der Waals surface area contributed by atoms with Gasteiger partial charge >= 0.3 is 0 Å². The van der Waals surface area contributed by atoms with Crippen molar-refractivity contribution >= 4 is 22.4 Å². The highest BCUT2D eigenvalue weighted by Crippen LogP contribution is 2.28. The first-order valence-corrected chi connectivity index (χ1v) is 7.58. The van der Waals surface area contributed by atoms with Crippen molar-refractivity contribution in [1.82, 2.24) is 10.3 Å². The summed E-state index contributed by atoms with van der Waals surface area (Å²) in [5.74, 6) is 0.951. The second-order valence-corrected chi connectivity index (χ2v) is 5.89. The third-order valence-electron chi connectivity index (χ3n) is 3.50. The van der Waals surface area contributed by atoms with E-state index < -0.39 is 0 Å². The molecule has 4 nitrogen and oxygen atoms in total. The third kappa shape index (κ3) is 4.29. The van der Waals surface area contributed by atoms with E-state index in [1.54, 1.807) is 0 Å². The Morgan fingerprint density at radius 1 is 1.50 bits per heavy atom. The number of hydrogen-bond donors (Lipinski definition) is 2. The summed E-state index contributed by atoms with van der Waals surface area (Å²) >= 11 is 1.38. The number of thiazole rings is 1. The molecule has 0 unspecified atom stereocenters. The average Bonchev–Trinajstić information content (AvgIpc) is 2.96. The van der Waals surface area contributed by atoms with E-state index in [4.69, 9.17) is 5.73 Å². The predicted octanol–water partition coefficient (Wildman–Crippen LogP) is 2.35. The number of nitrogens with one attached hydrogen (secondary N) is 1. The largest absolute Gasteiger partial charge is 0.375 e. The summed E-state index contributed by atoms with van der Waals surface area (Å²) in [7, 11) is 0. The third-order valence-corrected chi connectivity index (χ3v) is 4.22. The Morgan fingerprint density at radius 3 is 2.94 bits per heavy atom. The van der Waals surface area contributed by atoms with Gasteiger partial charge in [0.15, 0.2) is 5.13 Å². The van der Waals surface area contributed by atoms with Gasteiger partial charge in [-0.05, 0) is 18.8 Å². The second-order valence-electron chi connectivity index (χ2n) is 5.00. The molecule has 0 atom stereocenters. The van der Waals surface area contributed by atoms with Crippen LogP contribution in [-0.4, -0.2) is 17.4 Å². The van der Waals surface area contributed by atoms with Crippen molar-refractivity contribution in [2.75, 3.05) is 12.3 Å². The minimum Gasteiger partial charge on any atom is -0.375 e. The molecule has 2 rings (SSSR count). The van der Waals surface area contributed by atoms with Crippen LogP contribution in [0.5, 0.6) is 0 Å². The smallest absolute Gasteiger partial charge is 0.226 e. The molecular weight excluding hydrogens is 246 g/mol. The molecule has 18 heavy (non-hydrogen) atoms. The SMILES string of the molecule is Nc1nc(CC(=O)NCCCC2CCCC2)cs1. The summed E-state index contributed by atoms with van der Waals surface area (Å²) in [6.45, 7) is 0.787. The van der Waals surface area contributed by atoms with E-state index in [2.05, 4.69) is 10.3 Å². The fourth-order valence-corrected chi connectivity index (χ4v) is 3.11. The molecule has 5 heteroatoms. The Kier molecular flexibility index (Phi) is 4.99. The van der Waals surface area contributed by atoms with Crippen molar-refractivity contribution in [1.29, 1.82) is 0 Å². The van der Waals surface area contributed by atoms with Gasteiger partial charge in [-0.2, -0.15) is 0 Å². The summed E-state index contributed by atoms with van der Waals surface area (Å²) in [6, 6.07) is 0. The lowest BCUT2D eigenvalue weighted by molar-refractivity contribution is -0.120. The molecule has 100 valence electrons. The van der Waals surface area contributed by atoms with Crippen LogP contribution in [0.2, 0.25) is 0 Å². The minimum atomic E-state index is 0.0479. The van der Waals surface area contributed by atoms with E-state index in [1.165, 1.54) is 43.4 Å². The number of carbonyl (C=O) groups is 1. The molecule has 1 amide bonds. The molecule has 1 heterocycles. The van der Waals surface area contributed by atoms with Gasteiger partial charge in [0.1, 0.15) is 0 Å². The van der Waals surface area contributed by atoms with Crippen molar-refractivity contribution in [3.8, 4) is 0 Å². The Hall–Kier alpha value is -1.10. The summed E-state index contributed by atoms with van der Waals surface area (Å²) in [4.78, 5) is 15.7. The fourth-order valence-electron chi connectivity index (χ4n) is 2.55. The molecule has 0 saturated heterocycles. The first kappa shape index (κ1) is 13.3. The zero-order valence-corrected chi connectivity index (χ0v) is 11.5. The quantitative estimate of drug-likeness (QED) is 0.777. The Labute approximate surface area is 112 Å². The number of nitrogens with zero attached hydrogens (tertiary/aromatic N) is 1. The first-order valence-electron chi connectivity index (χ1n) is 6.70. The van der Waals surface area contributed by atoms with Gasteiger partial charge in [0.2, 0.25) is 5.91 Å². The minimum absolute atomic E-state index is 0.0479. The number of nitrogen functional groups attached to an aromatic ring is 1. The van der Waals surface area contributed by atoms with Gasteiger partial charge < -0.3 is 11.1 Å². The molecule has 0 aromatic carbocycles. The number of rotatable bonds is 6. The lowest BCUT2D eigenvalue weighted by atomic mass is 10.0. The summed E-state index contributed by atoms with van der Waals surface area (Å²) < 4.78 is 0. The number of carbonyl (C=O) groups excluding carboxylic acids is 1. The van der Waals surface area contributed by atoms with Gasteiger partial charge in [-0.15, -0.1) is 11.3 Å². The van der Waals surface area contributed by atoms with Crippen molar-refractivity contribution in [2.24, 2.45) is 5.92 Å². The summed E-state index contributed by atoms with van der Waals surface area (Å²) in [5, 5.41) is 5.32. The lowest BCUT2D eigenvalue weighted by Crippen LogP contribution is -2.26. The van der Waals surface area contributed by atoms with Crippen LogP contribution in [0.1, 0.15) is 44.2 Å². The standard InChI is InChI=1S/C13H21N3OS/c14-13-16-11(9-18-13)8-12(17)15-7-3-6-10-4-1-2-5-10/h9-10H,1-8H2,(H2,14,16)(H,15,17). The Bertz CT molecular complexity index is 385. The van der Waals surface area contributed by atoms with Crippen LogP contribution in [0.4, 0.5) is 5.13 Å². The van der Waals surface area contributed by atoms with E-state index in [-0.39, 0.29) is 5.91 Å². The second kappa shape index (κ2) is 6.73. The normalized spacial score (nSPS) is 16.0. The van der Waals surface area contributed by atoms with Crippen molar-refractivity contribution in [2.45, 2.75) is 44.9 Å². The highest BCUT2D eigenvalue weighted by Gasteiger charge is 2.14. The van der Waals surface area contributed by atoms with Crippen LogP contribution in [0, 0.1) is 5.92 Å². The van der Waals surface area contributed by atoms with Gasteiger partial charge in [-0.1, -0.05) is 25.7 Å². The van der Waals surface area contributed by atoms with Crippen molar-refractivity contribution < 1.29 is 4.79 Å². The maximum atomic E-state index is 11.6. The molecule has 1 aliphatic rings. The van der Waals surface area contributed by atoms with Crippen LogP contribution in [-0.2, 0) is 11.2 Å².